The van der Waals surface area contributed by atoms with Crippen LogP contribution in [-0.4, -0.2) is 17.9 Å². The first-order chi connectivity index (χ1) is 10.6. The summed E-state index contributed by atoms with van der Waals surface area (Å²) in [7, 11) is 1.85. The van der Waals surface area contributed by atoms with Gasteiger partial charge in [-0.15, -0.1) is 0 Å². The van der Waals surface area contributed by atoms with Gasteiger partial charge in [0.1, 0.15) is 0 Å². The lowest BCUT2D eigenvalue weighted by Crippen LogP contribution is -2.29. The van der Waals surface area contributed by atoms with Crippen molar-refractivity contribution < 1.29 is 4.79 Å². The number of rotatable bonds is 5. The Morgan fingerprint density at radius 3 is 2.36 bits per heavy atom. The van der Waals surface area contributed by atoms with Crippen LogP contribution in [0.3, 0.4) is 0 Å². The molecule has 2 rings (SSSR count). The zero-order valence-corrected chi connectivity index (χ0v) is 13.0. The highest BCUT2D eigenvalue weighted by Gasteiger charge is 2.16. The molecule has 0 N–H and O–H groups in total. The lowest BCUT2D eigenvalue weighted by molar-refractivity contribution is -0.131. The number of carbonyl (C=O) groups excluding carboxylic acids is 1. The van der Waals surface area contributed by atoms with Crippen LogP contribution in [0.5, 0.6) is 0 Å². The quantitative estimate of drug-likeness (QED) is 0.843. The van der Waals surface area contributed by atoms with Gasteiger partial charge in [0, 0.05) is 13.5 Å². The smallest absolute Gasteiger partial charge is 0.223 e. The highest BCUT2D eigenvalue weighted by Crippen LogP contribution is 2.19. The third kappa shape index (κ3) is 3.95. The molecule has 0 aromatic heterocycles. The molecule has 2 aromatic carbocycles. The summed E-state index contributed by atoms with van der Waals surface area (Å²) >= 11 is 0. The van der Waals surface area contributed by atoms with E-state index in [1.54, 1.807) is 17.0 Å². The lowest BCUT2D eigenvalue weighted by Gasteiger charge is -2.25. The molecule has 0 radical (unpaired) electrons. The highest BCUT2D eigenvalue weighted by molar-refractivity contribution is 5.76. The topological polar surface area (TPSA) is 44.1 Å². The molecule has 0 fully saturated rings. The number of nitrogens with zero attached hydrogens (tertiary/aromatic N) is 2. The standard InChI is InChI=1S/C19H20N2O/c1-15(18-6-4-3-5-7-18)21(2)19(22)13-12-16-8-10-17(14-20)11-9-16/h3-11,15H,12-13H2,1-2H3. The number of carbonyl (C=O) groups is 1. The molecule has 0 saturated heterocycles. The van der Waals surface area contributed by atoms with Crippen LogP contribution in [0.15, 0.2) is 54.6 Å². The van der Waals surface area contributed by atoms with Crippen molar-refractivity contribution in [1.82, 2.24) is 4.90 Å². The molecule has 1 unspecified atom stereocenters. The van der Waals surface area contributed by atoms with Gasteiger partial charge >= 0.3 is 0 Å². The van der Waals surface area contributed by atoms with Crippen molar-refractivity contribution in [2.75, 3.05) is 7.05 Å². The second-order valence-corrected chi connectivity index (χ2v) is 5.40. The van der Waals surface area contributed by atoms with E-state index < -0.39 is 0 Å². The molecule has 2 aromatic rings. The Hall–Kier alpha value is -2.60. The normalized spacial score (nSPS) is 11.5. The van der Waals surface area contributed by atoms with Crippen LogP contribution in [0.25, 0.3) is 0 Å². The van der Waals surface area contributed by atoms with Crippen molar-refractivity contribution >= 4 is 5.91 Å². The largest absolute Gasteiger partial charge is 0.339 e. The molecule has 3 nitrogen and oxygen atoms in total. The third-order valence-corrected chi connectivity index (χ3v) is 3.97. The molecular formula is C19H20N2O. The maximum absolute atomic E-state index is 12.3. The Morgan fingerprint density at radius 2 is 1.77 bits per heavy atom. The maximum Gasteiger partial charge on any atom is 0.223 e. The predicted molar refractivity (Wildman–Crippen MR) is 87.1 cm³/mol. The first-order valence-electron chi connectivity index (χ1n) is 7.41. The van der Waals surface area contributed by atoms with E-state index in [1.807, 2.05) is 56.4 Å². The van der Waals surface area contributed by atoms with Gasteiger partial charge in [-0.3, -0.25) is 4.79 Å². The van der Waals surface area contributed by atoms with E-state index in [9.17, 15) is 4.79 Å². The van der Waals surface area contributed by atoms with E-state index in [0.717, 1.165) is 11.1 Å². The fraction of sp³-hybridized carbons (Fsp3) is 0.263. The van der Waals surface area contributed by atoms with Gasteiger partial charge in [-0.25, -0.2) is 0 Å². The number of nitriles is 1. The van der Waals surface area contributed by atoms with Gasteiger partial charge in [-0.1, -0.05) is 42.5 Å². The first-order valence-corrected chi connectivity index (χ1v) is 7.41. The van der Waals surface area contributed by atoms with Gasteiger partial charge in [-0.05, 0) is 36.6 Å². The van der Waals surface area contributed by atoms with Gasteiger partial charge in [0.25, 0.3) is 0 Å². The van der Waals surface area contributed by atoms with Crippen molar-refractivity contribution in [3.8, 4) is 6.07 Å². The Morgan fingerprint density at radius 1 is 1.14 bits per heavy atom. The fourth-order valence-electron chi connectivity index (χ4n) is 2.34. The molecule has 0 spiro atoms. The summed E-state index contributed by atoms with van der Waals surface area (Å²) in [6.45, 7) is 2.04. The minimum Gasteiger partial charge on any atom is -0.339 e. The van der Waals surface area contributed by atoms with Crippen LogP contribution in [0.4, 0.5) is 0 Å². The molecule has 3 heteroatoms. The minimum atomic E-state index is 0.0645. The van der Waals surface area contributed by atoms with E-state index in [2.05, 4.69) is 6.07 Å². The van der Waals surface area contributed by atoms with E-state index in [4.69, 9.17) is 5.26 Å². The molecule has 1 amide bonds. The van der Waals surface area contributed by atoms with Crippen LogP contribution < -0.4 is 0 Å². The number of amides is 1. The average molecular weight is 292 g/mol. The van der Waals surface area contributed by atoms with Crippen LogP contribution in [-0.2, 0) is 11.2 Å². The van der Waals surface area contributed by atoms with Crippen molar-refractivity contribution in [1.29, 1.82) is 5.26 Å². The third-order valence-electron chi connectivity index (χ3n) is 3.97. The summed E-state index contributed by atoms with van der Waals surface area (Å²) in [5.74, 6) is 0.126. The summed E-state index contributed by atoms with van der Waals surface area (Å²) in [5, 5.41) is 8.78. The SMILES string of the molecule is CC(c1ccccc1)N(C)C(=O)CCc1ccc(C#N)cc1. The van der Waals surface area contributed by atoms with Crippen molar-refractivity contribution in [3.05, 3.63) is 71.3 Å². The second-order valence-electron chi connectivity index (χ2n) is 5.40. The summed E-state index contributed by atoms with van der Waals surface area (Å²) in [5.41, 5.74) is 2.86. The zero-order valence-electron chi connectivity index (χ0n) is 13.0. The molecule has 0 heterocycles. The second kappa shape index (κ2) is 7.42. The number of benzene rings is 2. The van der Waals surface area contributed by atoms with E-state index in [1.165, 1.54) is 0 Å². The minimum absolute atomic E-state index is 0.0645. The highest BCUT2D eigenvalue weighted by atomic mass is 16.2. The van der Waals surface area contributed by atoms with Crippen LogP contribution in [0.2, 0.25) is 0 Å². The van der Waals surface area contributed by atoms with Gasteiger partial charge in [0.15, 0.2) is 0 Å². The summed E-state index contributed by atoms with van der Waals surface area (Å²) in [6, 6.07) is 19.6. The maximum atomic E-state index is 12.3. The Labute approximate surface area is 131 Å². The average Bonchev–Trinajstić information content (AvgIpc) is 2.59. The number of hydrogen-bond donors (Lipinski definition) is 0. The zero-order chi connectivity index (χ0) is 15.9. The van der Waals surface area contributed by atoms with Gasteiger partial charge < -0.3 is 4.90 Å². The molecule has 0 aliphatic carbocycles. The molecule has 0 aliphatic heterocycles. The number of hydrogen-bond acceptors (Lipinski definition) is 2. The molecule has 1 atom stereocenters. The van der Waals surface area contributed by atoms with E-state index in [-0.39, 0.29) is 11.9 Å². The Balaban J connectivity index is 1.92. The summed E-state index contributed by atoms with van der Waals surface area (Å²) in [4.78, 5) is 14.1. The Kier molecular flexibility index (Phi) is 5.32. The molecule has 112 valence electrons. The van der Waals surface area contributed by atoms with Crippen LogP contribution in [0.1, 0.15) is 36.1 Å². The lowest BCUT2D eigenvalue weighted by atomic mass is 10.1. The van der Waals surface area contributed by atoms with E-state index in [0.29, 0.717) is 18.4 Å². The summed E-state index contributed by atoms with van der Waals surface area (Å²) < 4.78 is 0. The molecular weight excluding hydrogens is 272 g/mol. The Bertz CT molecular complexity index is 656. The number of aryl methyl sites for hydroxylation is 1. The van der Waals surface area contributed by atoms with Crippen molar-refractivity contribution in [2.24, 2.45) is 0 Å². The van der Waals surface area contributed by atoms with Gasteiger partial charge in [0.2, 0.25) is 5.91 Å². The van der Waals surface area contributed by atoms with Gasteiger partial charge in [0.05, 0.1) is 17.7 Å². The van der Waals surface area contributed by atoms with Crippen molar-refractivity contribution in [3.63, 3.8) is 0 Å². The fourth-order valence-corrected chi connectivity index (χ4v) is 2.34. The monoisotopic (exact) mass is 292 g/mol. The van der Waals surface area contributed by atoms with Crippen LogP contribution >= 0.6 is 0 Å². The van der Waals surface area contributed by atoms with E-state index >= 15 is 0 Å². The summed E-state index contributed by atoms with van der Waals surface area (Å²) in [6.07, 6.45) is 1.16. The predicted octanol–water partition coefficient (Wildman–Crippen LogP) is 3.71. The molecule has 0 saturated carbocycles. The molecule has 0 bridgehead atoms. The van der Waals surface area contributed by atoms with Crippen LogP contribution in [0, 0.1) is 11.3 Å². The van der Waals surface area contributed by atoms with Gasteiger partial charge in [-0.2, -0.15) is 5.26 Å². The van der Waals surface area contributed by atoms with Crippen molar-refractivity contribution in [2.45, 2.75) is 25.8 Å². The molecule has 22 heavy (non-hydrogen) atoms. The molecule has 0 aliphatic rings. The first kappa shape index (κ1) is 15.8.